The lowest BCUT2D eigenvalue weighted by atomic mass is 10.0. The number of hydrogen-bond acceptors (Lipinski definition) is 3. The number of ether oxygens (including phenoxy) is 1. The van der Waals surface area contributed by atoms with Crippen LogP contribution in [0.1, 0.15) is 103 Å². The maximum absolute atomic E-state index is 11.2. The van der Waals surface area contributed by atoms with Gasteiger partial charge in [0.2, 0.25) is 0 Å². The van der Waals surface area contributed by atoms with E-state index in [4.69, 9.17) is 9.84 Å². The summed E-state index contributed by atoms with van der Waals surface area (Å²) in [6, 6.07) is 0. The number of unbranched alkanes of at least 4 members (excludes halogenated alkanes) is 12. The Hall–Kier alpha value is -1.06. The highest BCUT2D eigenvalue weighted by Gasteiger charge is 2.05. The summed E-state index contributed by atoms with van der Waals surface area (Å²) >= 11 is 0. The monoisotopic (exact) mass is 328 g/mol. The fourth-order valence-electron chi connectivity index (χ4n) is 2.59. The van der Waals surface area contributed by atoms with E-state index >= 15 is 0 Å². The van der Waals surface area contributed by atoms with Crippen LogP contribution in [0.25, 0.3) is 0 Å². The van der Waals surface area contributed by atoms with Gasteiger partial charge in [-0.05, 0) is 6.42 Å². The molecule has 0 aliphatic rings. The number of aliphatic carboxylic acids is 1. The predicted molar refractivity (Wildman–Crippen MR) is 93.5 cm³/mol. The maximum Gasteiger partial charge on any atom is 0.306 e. The van der Waals surface area contributed by atoms with Gasteiger partial charge in [0.15, 0.2) is 0 Å². The highest BCUT2D eigenvalue weighted by Crippen LogP contribution is 2.12. The fourth-order valence-corrected chi connectivity index (χ4v) is 2.59. The molecule has 0 saturated heterocycles. The first kappa shape index (κ1) is 21.9. The lowest BCUT2D eigenvalue weighted by Crippen LogP contribution is -2.08. The molecule has 0 fully saturated rings. The molecule has 0 aromatic carbocycles. The standard InChI is InChI=1S/C19H36O4/c1-2-3-4-5-6-7-8-9-10-11-12-13-14-17-23-19(22)16-15-18(20)21/h2-17H2,1H3,(H,20,21). The third-order valence-electron chi connectivity index (χ3n) is 4.05. The zero-order chi connectivity index (χ0) is 17.2. The number of rotatable bonds is 17. The molecule has 136 valence electrons. The molecule has 0 aliphatic carbocycles. The third-order valence-corrected chi connectivity index (χ3v) is 4.05. The van der Waals surface area contributed by atoms with Crippen LogP contribution < -0.4 is 0 Å². The molecule has 0 bridgehead atoms. The molecular formula is C19H36O4. The molecule has 0 aromatic rings. The Morgan fingerprint density at radius 1 is 0.696 bits per heavy atom. The summed E-state index contributed by atoms with van der Waals surface area (Å²) in [7, 11) is 0. The molecule has 0 rings (SSSR count). The Morgan fingerprint density at radius 2 is 1.13 bits per heavy atom. The maximum atomic E-state index is 11.2. The first-order valence-electron chi connectivity index (χ1n) is 9.54. The molecule has 0 aromatic heterocycles. The van der Waals surface area contributed by atoms with Crippen LogP contribution in [0.15, 0.2) is 0 Å². The third kappa shape index (κ3) is 18.9. The van der Waals surface area contributed by atoms with E-state index in [1.54, 1.807) is 0 Å². The van der Waals surface area contributed by atoms with Crippen molar-refractivity contribution < 1.29 is 19.4 Å². The first-order chi connectivity index (χ1) is 11.2. The molecule has 4 nitrogen and oxygen atoms in total. The van der Waals surface area contributed by atoms with Crippen LogP contribution in [0.2, 0.25) is 0 Å². The molecule has 23 heavy (non-hydrogen) atoms. The summed E-state index contributed by atoms with van der Waals surface area (Å²) in [5.41, 5.74) is 0. The zero-order valence-corrected chi connectivity index (χ0v) is 15.0. The molecule has 0 saturated carbocycles. The van der Waals surface area contributed by atoms with Gasteiger partial charge in [-0.1, -0.05) is 84.0 Å². The Labute approximate surface area is 142 Å². The Morgan fingerprint density at radius 3 is 1.57 bits per heavy atom. The van der Waals surface area contributed by atoms with Gasteiger partial charge in [-0.3, -0.25) is 9.59 Å². The summed E-state index contributed by atoms with van der Waals surface area (Å²) in [5.74, 6) is -1.35. The van der Waals surface area contributed by atoms with Crippen LogP contribution in [0.5, 0.6) is 0 Å². The van der Waals surface area contributed by atoms with Gasteiger partial charge in [0.25, 0.3) is 0 Å². The normalized spacial score (nSPS) is 10.7. The molecular weight excluding hydrogens is 292 g/mol. The highest BCUT2D eigenvalue weighted by atomic mass is 16.5. The fraction of sp³-hybridized carbons (Fsp3) is 0.895. The van der Waals surface area contributed by atoms with Crippen molar-refractivity contribution in [2.24, 2.45) is 0 Å². The Balaban J connectivity index is 3.10. The quantitative estimate of drug-likeness (QED) is 0.283. The van der Waals surface area contributed by atoms with Crippen molar-refractivity contribution in [3.8, 4) is 0 Å². The van der Waals surface area contributed by atoms with Crippen molar-refractivity contribution >= 4 is 11.9 Å². The summed E-state index contributed by atoms with van der Waals surface area (Å²) in [6.45, 7) is 2.68. The van der Waals surface area contributed by atoms with Gasteiger partial charge in [-0.15, -0.1) is 0 Å². The lowest BCUT2D eigenvalue weighted by molar-refractivity contribution is -0.147. The minimum Gasteiger partial charge on any atom is -0.481 e. The van der Waals surface area contributed by atoms with E-state index in [0.717, 1.165) is 12.8 Å². The van der Waals surface area contributed by atoms with E-state index in [1.807, 2.05) is 0 Å². The predicted octanol–water partition coefficient (Wildman–Crippen LogP) is 5.49. The van der Waals surface area contributed by atoms with E-state index in [9.17, 15) is 9.59 Å². The van der Waals surface area contributed by atoms with Crippen molar-refractivity contribution in [3.63, 3.8) is 0 Å². The molecule has 1 N–H and O–H groups in total. The van der Waals surface area contributed by atoms with Gasteiger partial charge in [-0.2, -0.15) is 0 Å². The molecule has 0 radical (unpaired) electrons. The van der Waals surface area contributed by atoms with Crippen LogP contribution in [-0.2, 0) is 14.3 Å². The van der Waals surface area contributed by atoms with Crippen LogP contribution >= 0.6 is 0 Å². The van der Waals surface area contributed by atoms with Gasteiger partial charge >= 0.3 is 11.9 Å². The van der Waals surface area contributed by atoms with Crippen LogP contribution in [0.3, 0.4) is 0 Å². The van der Waals surface area contributed by atoms with Crippen molar-refractivity contribution in [1.29, 1.82) is 0 Å². The molecule has 0 unspecified atom stereocenters. The van der Waals surface area contributed by atoms with Gasteiger partial charge < -0.3 is 9.84 Å². The summed E-state index contributed by atoms with van der Waals surface area (Å²) in [6.07, 6.45) is 16.6. The van der Waals surface area contributed by atoms with E-state index in [-0.39, 0.29) is 12.8 Å². The van der Waals surface area contributed by atoms with Crippen molar-refractivity contribution in [3.05, 3.63) is 0 Å². The largest absolute Gasteiger partial charge is 0.481 e. The second kappa shape index (κ2) is 17.3. The molecule has 0 spiro atoms. The summed E-state index contributed by atoms with van der Waals surface area (Å²) in [4.78, 5) is 21.5. The molecule has 0 heterocycles. The van der Waals surface area contributed by atoms with Gasteiger partial charge in [0.1, 0.15) is 0 Å². The number of carboxylic acid groups (broad SMARTS) is 1. The molecule has 0 aliphatic heterocycles. The number of hydrogen-bond donors (Lipinski definition) is 1. The van der Waals surface area contributed by atoms with Gasteiger partial charge in [0, 0.05) is 0 Å². The van der Waals surface area contributed by atoms with Crippen LogP contribution in [0, 0.1) is 0 Å². The zero-order valence-electron chi connectivity index (χ0n) is 15.0. The number of carbonyl (C=O) groups excluding carboxylic acids is 1. The van der Waals surface area contributed by atoms with Crippen LogP contribution in [-0.4, -0.2) is 23.7 Å². The van der Waals surface area contributed by atoms with E-state index < -0.39 is 11.9 Å². The van der Waals surface area contributed by atoms with E-state index in [1.165, 1.54) is 70.6 Å². The number of carboxylic acids is 1. The average molecular weight is 328 g/mol. The minimum absolute atomic E-state index is 0.0201. The first-order valence-corrected chi connectivity index (χ1v) is 9.54. The second-order valence-corrected chi connectivity index (χ2v) is 6.36. The smallest absolute Gasteiger partial charge is 0.306 e. The van der Waals surface area contributed by atoms with Crippen molar-refractivity contribution in [2.75, 3.05) is 6.61 Å². The number of esters is 1. The second-order valence-electron chi connectivity index (χ2n) is 6.36. The number of carbonyl (C=O) groups is 2. The molecule has 0 atom stereocenters. The van der Waals surface area contributed by atoms with Crippen molar-refractivity contribution in [2.45, 2.75) is 103 Å². The van der Waals surface area contributed by atoms with Gasteiger partial charge in [-0.25, -0.2) is 0 Å². The molecule has 0 amide bonds. The average Bonchev–Trinajstić information content (AvgIpc) is 2.53. The van der Waals surface area contributed by atoms with Gasteiger partial charge in [0.05, 0.1) is 19.4 Å². The van der Waals surface area contributed by atoms with Crippen molar-refractivity contribution in [1.82, 2.24) is 0 Å². The van der Waals surface area contributed by atoms with E-state index in [2.05, 4.69) is 6.92 Å². The highest BCUT2D eigenvalue weighted by molar-refractivity contribution is 5.76. The summed E-state index contributed by atoms with van der Waals surface area (Å²) < 4.78 is 4.99. The van der Waals surface area contributed by atoms with Crippen LogP contribution in [0.4, 0.5) is 0 Å². The topological polar surface area (TPSA) is 63.6 Å². The lowest BCUT2D eigenvalue weighted by Gasteiger charge is -2.04. The SMILES string of the molecule is CCCCCCCCCCCCCCCOC(=O)CCC(=O)O. The van der Waals surface area contributed by atoms with E-state index in [0.29, 0.717) is 6.61 Å². The Kier molecular flexibility index (Phi) is 16.5. The Bertz CT molecular complexity index is 289. The minimum atomic E-state index is -0.956. The summed E-state index contributed by atoms with van der Waals surface area (Å²) in [5, 5.41) is 8.45. The molecule has 4 heteroatoms.